The van der Waals surface area contributed by atoms with Gasteiger partial charge in [0.25, 0.3) is 5.91 Å². The zero-order valence-corrected chi connectivity index (χ0v) is 14.1. The molecule has 0 unspecified atom stereocenters. The van der Waals surface area contributed by atoms with E-state index in [1.165, 1.54) is 10.5 Å². The summed E-state index contributed by atoms with van der Waals surface area (Å²) in [5, 5.41) is 0. The maximum atomic E-state index is 12.7. The fraction of sp³-hybridized carbons (Fsp3) is 0.529. The third-order valence-electron chi connectivity index (χ3n) is 4.23. The van der Waals surface area contributed by atoms with Gasteiger partial charge < -0.3 is 9.64 Å². The topological polar surface area (TPSA) is 46.6 Å². The van der Waals surface area contributed by atoms with Gasteiger partial charge in [0.2, 0.25) is 0 Å². The standard InChI is InChI=1S/C17H25NO3/c1-8-21-15(19)9-18(7)17(20)16-13(5)11(3)10(2)12(4)14(16)6/h8-9H2,1-7H3. The number of carbonyl (C=O) groups is 2. The smallest absolute Gasteiger partial charge is 0.325 e. The first-order valence-corrected chi connectivity index (χ1v) is 7.20. The van der Waals surface area contributed by atoms with Gasteiger partial charge >= 0.3 is 5.97 Å². The number of rotatable bonds is 4. The van der Waals surface area contributed by atoms with Gasteiger partial charge in [0, 0.05) is 12.6 Å². The first-order chi connectivity index (χ1) is 9.72. The van der Waals surface area contributed by atoms with Crippen molar-refractivity contribution < 1.29 is 14.3 Å². The molecular weight excluding hydrogens is 266 g/mol. The van der Waals surface area contributed by atoms with Crippen LogP contribution in [0, 0.1) is 34.6 Å². The van der Waals surface area contributed by atoms with E-state index in [9.17, 15) is 9.59 Å². The van der Waals surface area contributed by atoms with Crippen LogP contribution in [-0.2, 0) is 9.53 Å². The van der Waals surface area contributed by atoms with E-state index in [1.54, 1.807) is 14.0 Å². The summed E-state index contributed by atoms with van der Waals surface area (Å²) in [4.78, 5) is 25.6. The van der Waals surface area contributed by atoms with E-state index >= 15 is 0 Å². The predicted molar refractivity (Wildman–Crippen MR) is 83.7 cm³/mol. The quantitative estimate of drug-likeness (QED) is 0.801. The van der Waals surface area contributed by atoms with Gasteiger partial charge in [-0.25, -0.2) is 0 Å². The molecule has 1 aromatic carbocycles. The van der Waals surface area contributed by atoms with Gasteiger partial charge in [-0.05, 0) is 69.4 Å². The Hall–Kier alpha value is -1.84. The fourth-order valence-electron chi connectivity index (χ4n) is 2.48. The highest BCUT2D eigenvalue weighted by Gasteiger charge is 2.22. The molecule has 0 aliphatic heterocycles. The molecule has 4 heteroatoms. The number of hydrogen-bond acceptors (Lipinski definition) is 3. The molecule has 0 aromatic heterocycles. The fourth-order valence-corrected chi connectivity index (χ4v) is 2.48. The second kappa shape index (κ2) is 6.74. The molecule has 0 N–H and O–H groups in total. The number of nitrogens with zero attached hydrogens (tertiary/aromatic N) is 1. The van der Waals surface area contributed by atoms with E-state index in [-0.39, 0.29) is 18.4 Å². The zero-order chi connectivity index (χ0) is 16.3. The van der Waals surface area contributed by atoms with Gasteiger partial charge in [-0.15, -0.1) is 0 Å². The summed E-state index contributed by atoms with van der Waals surface area (Å²) in [7, 11) is 1.63. The molecule has 0 bridgehead atoms. The lowest BCUT2D eigenvalue weighted by Gasteiger charge is -2.22. The number of hydrogen-bond donors (Lipinski definition) is 0. The SMILES string of the molecule is CCOC(=O)CN(C)C(=O)c1c(C)c(C)c(C)c(C)c1C. The first kappa shape index (κ1) is 17.2. The molecule has 0 aliphatic carbocycles. The normalized spacial score (nSPS) is 10.4. The molecule has 116 valence electrons. The van der Waals surface area contributed by atoms with Crippen LogP contribution in [0.1, 0.15) is 45.1 Å². The lowest BCUT2D eigenvalue weighted by Crippen LogP contribution is -2.34. The predicted octanol–water partition coefficient (Wildman–Crippen LogP) is 2.86. The molecule has 0 radical (unpaired) electrons. The van der Waals surface area contributed by atoms with Crippen molar-refractivity contribution >= 4 is 11.9 Å². The van der Waals surface area contributed by atoms with Crippen LogP contribution in [0.5, 0.6) is 0 Å². The Labute approximate surface area is 127 Å². The Balaban J connectivity index is 3.16. The Bertz CT molecular complexity index is 547. The van der Waals surface area contributed by atoms with Crippen LogP contribution in [0.2, 0.25) is 0 Å². The highest BCUT2D eigenvalue weighted by Crippen LogP contribution is 2.26. The van der Waals surface area contributed by atoms with E-state index in [1.807, 2.05) is 27.7 Å². The minimum Gasteiger partial charge on any atom is -0.465 e. The van der Waals surface area contributed by atoms with Crippen molar-refractivity contribution in [1.29, 1.82) is 0 Å². The molecule has 4 nitrogen and oxygen atoms in total. The maximum absolute atomic E-state index is 12.7. The van der Waals surface area contributed by atoms with Gasteiger partial charge in [-0.1, -0.05) is 0 Å². The summed E-state index contributed by atoms with van der Waals surface area (Å²) in [5.74, 6) is -0.520. The molecule has 0 saturated carbocycles. The maximum Gasteiger partial charge on any atom is 0.325 e. The number of likely N-dealkylation sites (N-methyl/N-ethyl adjacent to an activating group) is 1. The zero-order valence-electron chi connectivity index (χ0n) is 14.1. The second-order valence-electron chi connectivity index (χ2n) is 5.47. The molecule has 0 atom stereocenters. The molecule has 0 saturated heterocycles. The van der Waals surface area contributed by atoms with Gasteiger partial charge in [0.1, 0.15) is 6.54 Å². The van der Waals surface area contributed by atoms with Crippen molar-refractivity contribution in [3.05, 3.63) is 33.4 Å². The lowest BCUT2D eigenvalue weighted by molar-refractivity contribution is -0.143. The van der Waals surface area contributed by atoms with Gasteiger partial charge in [0.05, 0.1) is 6.61 Å². The molecular formula is C17H25NO3. The molecule has 0 fully saturated rings. The molecule has 1 aromatic rings. The number of amides is 1. The van der Waals surface area contributed by atoms with Crippen LogP contribution < -0.4 is 0 Å². The van der Waals surface area contributed by atoms with Crippen LogP contribution in [0.3, 0.4) is 0 Å². The van der Waals surface area contributed by atoms with Crippen LogP contribution in [0.25, 0.3) is 0 Å². The van der Waals surface area contributed by atoms with E-state index in [0.29, 0.717) is 12.2 Å². The monoisotopic (exact) mass is 291 g/mol. The first-order valence-electron chi connectivity index (χ1n) is 7.20. The number of esters is 1. The van der Waals surface area contributed by atoms with Crippen LogP contribution in [0.15, 0.2) is 0 Å². The number of carbonyl (C=O) groups excluding carboxylic acids is 2. The Kier molecular flexibility index (Phi) is 5.53. The van der Waals surface area contributed by atoms with Crippen molar-refractivity contribution in [3.8, 4) is 0 Å². The highest BCUT2D eigenvalue weighted by molar-refractivity contribution is 5.99. The van der Waals surface area contributed by atoms with Crippen LogP contribution in [-0.4, -0.2) is 37.0 Å². The molecule has 21 heavy (non-hydrogen) atoms. The third kappa shape index (κ3) is 3.43. The number of benzene rings is 1. The number of ether oxygens (including phenoxy) is 1. The van der Waals surface area contributed by atoms with Gasteiger partial charge in [0.15, 0.2) is 0 Å². The van der Waals surface area contributed by atoms with E-state index in [4.69, 9.17) is 4.74 Å². The highest BCUT2D eigenvalue weighted by atomic mass is 16.5. The summed E-state index contributed by atoms with van der Waals surface area (Å²) in [6.07, 6.45) is 0. The van der Waals surface area contributed by atoms with Crippen molar-refractivity contribution in [2.75, 3.05) is 20.2 Å². The third-order valence-corrected chi connectivity index (χ3v) is 4.23. The van der Waals surface area contributed by atoms with Gasteiger partial charge in [-0.2, -0.15) is 0 Å². The van der Waals surface area contributed by atoms with Crippen molar-refractivity contribution in [3.63, 3.8) is 0 Å². The van der Waals surface area contributed by atoms with E-state index in [0.717, 1.165) is 22.3 Å². The van der Waals surface area contributed by atoms with E-state index < -0.39 is 0 Å². The Morgan fingerprint density at radius 2 is 1.33 bits per heavy atom. The minimum atomic E-state index is -0.385. The molecule has 0 spiro atoms. The molecule has 1 rings (SSSR count). The average Bonchev–Trinajstić information content (AvgIpc) is 2.43. The van der Waals surface area contributed by atoms with Crippen LogP contribution in [0.4, 0.5) is 0 Å². The molecule has 0 aliphatic rings. The summed E-state index contributed by atoms with van der Waals surface area (Å²) >= 11 is 0. The molecule has 0 heterocycles. The van der Waals surface area contributed by atoms with E-state index in [2.05, 4.69) is 6.92 Å². The van der Waals surface area contributed by atoms with Crippen molar-refractivity contribution in [1.82, 2.24) is 4.90 Å². The minimum absolute atomic E-state index is 0.0302. The van der Waals surface area contributed by atoms with Crippen molar-refractivity contribution in [2.24, 2.45) is 0 Å². The summed E-state index contributed by atoms with van der Waals surface area (Å²) in [6, 6.07) is 0. The largest absolute Gasteiger partial charge is 0.465 e. The summed E-state index contributed by atoms with van der Waals surface area (Å²) < 4.78 is 4.89. The van der Waals surface area contributed by atoms with Gasteiger partial charge in [-0.3, -0.25) is 9.59 Å². The van der Waals surface area contributed by atoms with Crippen LogP contribution >= 0.6 is 0 Å². The summed E-state index contributed by atoms with van der Waals surface area (Å²) in [6.45, 7) is 12.1. The lowest BCUT2D eigenvalue weighted by atomic mass is 9.89. The Morgan fingerprint density at radius 3 is 1.76 bits per heavy atom. The average molecular weight is 291 g/mol. The summed E-state index contributed by atoms with van der Waals surface area (Å²) in [5.41, 5.74) is 6.14. The molecule has 1 amide bonds. The Morgan fingerprint density at radius 1 is 0.905 bits per heavy atom. The van der Waals surface area contributed by atoms with Crippen molar-refractivity contribution in [2.45, 2.75) is 41.5 Å². The second-order valence-corrected chi connectivity index (χ2v) is 5.47.